The molecule has 24 heavy (non-hydrogen) atoms. The van der Waals surface area contributed by atoms with E-state index in [-0.39, 0.29) is 24.2 Å². The first-order valence-corrected chi connectivity index (χ1v) is 8.39. The molecule has 0 spiro atoms. The summed E-state index contributed by atoms with van der Waals surface area (Å²) in [6.07, 6.45) is 6.84. The highest BCUT2D eigenvalue weighted by molar-refractivity contribution is 7.13. The highest BCUT2D eigenvalue weighted by Gasteiger charge is 2.30. The van der Waals surface area contributed by atoms with Crippen LogP contribution in [-0.4, -0.2) is 30.2 Å². The molecule has 0 aromatic carbocycles. The van der Waals surface area contributed by atoms with Gasteiger partial charge in [0.1, 0.15) is 6.54 Å². The second-order valence-corrected chi connectivity index (χ2v) is 6.39. The first kappa shape index (κ1) is 14.8. The van der Waals surface area contributed by atoms with Gasteiger partial charge in [0, 0.05) is 35.6 Å². The Morgan fingerprint density at radius 2 is 2.25 bits per heavy atom. The summed E-state index contributed by atoms with van der Waals surface area (Å²) in [7, 11) is 0. The maximum absolute atomic E-state index is 12.6. The molecule has 9 heteroatoms. The Hall–Kier alpha value is -2.81. The molecule has 0 bridgehead atoms. The summed E-state index contributed by atoms with van der Waals surface area (Å²) in [5.41, 5.74) is 0.492. The number of anilines is 1. The summed E-state index contributed by atoms with van der Waals surface area (Å²) >= 11 is 1.32. The molecule has 1 amide bonds. The minimum Gasteiger partial charge on any atom is -0.300 e. The largest absolute Gasteiger partial charge is 0.346 e. The number of amides is 1. The molecule has 1 aliphatic carbocycles. The maximum Gasteiger partial charge on any atom is 0.346 e. The average Bonchev–Trinajstić information content (AvgIpc) is 3.20. The lowest BCUT2D eigenvalue weighted by molar-refractivity contribution is -0.117. The van der Waals surface area contributed by atoms with Crippen molar-refractivity contribution in [1.82, 2.24) is 24.3 Å². The van der Waals surface area contributed by atoms with Gasteiger partial charge in [0.15, 0.2) is 11.0 Å². The molecule has 1 N–H and O–H groups in total. The first-order valence-electron chi connectivity index (χ1n) is 7.51. The molecule has 0 aliphatic heterocycles. The summed E-state index contributed by atoms with van der Waals surface area (Å²) in [5, 5.41) is 9.29. The van der Waals surface area contributed by atoms with Gasteiger partial charge in [0.25, 0.3) is 0 Å². The van der Waals surface area contributed by atoms with E-state index in [4.69, 9.17) is 0 Å². The van der Waals surface area contributed by atoms with Crippen molar-refractivity contribution in [3.05, 3.63) is 46.6 Å². The Kier molecular flexibility index (Phi) is 3.69. The smallest absolute Gasteiger partial charge is 0.300 e. The van der Waals surface area contributed by atoms with Gasteiger partial charge in [-0.2, -0.15) is 0 Å². The van der Waals surface area contributed by atoms with E-state index in [1.807, 2.05) is 6.07 Å². The number of carbonyl (C=O) groups is 1. The molecule has 3 aromatic rings. The van der Waals surface area contributed by atoms with Gasteiger partial charge in [-0.1, -0.05) is 0 Å². The number of hydrogen-bond acceptors (Lipinski definition) is 6. The van der Waals surface area contributed by atoms with Crippen LogP contribution in [0.2, 0.25) is 0 Å². The zero-order chi connectivity index (χ0) is 16.5. The molecule has 0 saturated heterocycles. The minimum atomic E-state index is -0.328. The Bertz CT molecular complexity index is 911. The lowest BCUT2D eigenvalue weighted by Crippen LogP contribution is -2.29. The molecule has 0 unspecified atom stereocenters. The standard InChI is InChI=1S/C15H14N6O2S/c22-12(18-14-17-6-7-24-14)9-20-15(23)21(11-3-4-11)13(19-20)10-2-1-5-16-8-10/h1-2,5-8,11H,3-4,9H2,(H,17,18,22). The van der Waals surface area contributed by atoms with Crippen LogP contribution in [0.1, 0.15) is 18.9 Å². The molecule has 8 nitrogen and oxygen atoms in total. The number of aromatic nitrogens is 5. The number of hydrogen-bond donors (Lipinski definition) is 1. The molecule has 4 rings (SSSR count). The summed E-state index contributed by atoms with van der Waals surface area (Å²) in [6.45, 7) is -0.147. The quantitative estimate of drug-likeness (QED) is 0.759. The van der Waals surface area contributed by atoms with Crippen LogP contribution in [0.15, 0.2) is 40.9 Å². The van der Waals surface area contributed by atoms with Crippen LogP contribution < -0.4 is 11.0 Å². The van der Waals surface area contributed by atoms with Crippen molar-refractivity contribution in [2.75, 3.05) is 5.32 Å². The van der Waals surface area contributed by atoms with Crippen molar-refractivity contribution in [3.8, 4) is 11.4 Å². The van der Waals surface area contributed by atoms with Crippen molar-refractivity contribution < 1.29 is 4.79 Å². The van der Waals surface area contributed by atoms with E-state index in [1.165, 1.54) is 16.0 Å². The Morgan fingerprint density at radius 1 is 1.38 bits per heavy atom. The van der Waals surface area contributed by atoms with Crippen LogP contribution in [0.25, 0.3) is 11.4 Å². The molecule has 122 valence electrons. The fourth-order valence-corrected chi connectivity index (χ4v) is 3.00. The first-order chi connectivity index (χ1) is 11.7. The summed E-state index contributed by atoms with van der Waals surface area (Å²) < 4.78 is 2.86. The summed E-state index contributed by atoms with van der Waals surface area (Å²) in [6, 6.07) is 3.81. The Morgan fingerprint density at radius 3 is 2.92 bits per heavy atom. The van der Waals surface area contributed by atoms with Crippen molar-refractivity contribution in [2.45, 2.75) is 25.4 Å². The predicted molar refractivity (Wildman–Crippen MR) is 88.7 cm³/mol. The predicted octanol–water partition coefficient (Wildman–Crippen LogP) is 1.54. The van der Waals surface area contributed by atoms with Gasteiger partial charge in [-0.15, -0.1) is 16.4 Å². The minimum absolute atomic E-state index is 0.147. The van der Waals surface area contributed by atoms with Gasteiger partial charge in [-0.25, -0.2) is 14.5 Å². The summed E-state index contributed by atoms with van der Waals surface area (Å²) in [4.78, 5) is 32.8. The van der Waals surface area contributed by atoms with E-state index >= 15 is 0 Å². The van der Waals surface area contributed by atoms with Crippen LogP contribution in [0.3, 0.4) is 0 Å². The zero-order valence-electron chi connectivity index (χ0n) is 12.6. The molecule has 3 heterocycles. The van der Waals surface area contributed by atoms with Gasteiger partial charge < -0.3 is 5.32 Å². The van der Waals surface area contributed by atoms with Crippen LogP contribution in [0, 0.1) is 0 Å². The van der Waals surface area contributed by atoms with Gasteiger partial charge in [-0.3, -0.25) is 14.3 Å². The molecule has 0 atom stereocenters. The third-order valence-corrected chi connectivity index (χ3v) is 4.36. The summed E-state index contributed by atoms with van der Waals surface area (Å²) in [5.74, 6) is 0.225. The molecule has 3 aromatic heterocycles. The second-order valence-electron chi connectivity index (χ2n) is 5.49. The lowest BCUT2D eigenvalue weighted by Gasteiger charge is -2.02. The maximum atomic E-state index is 12.6. The highest BCUT2D eigenvalue weighted by atomic mass is 32.1. The number of pyridine rings is 1. The number of thiazole rings is 1. The number of rotatable bonds is 5. The molecular weight excluding hydrogens is 328 g/mol. The molecule has 1 fully saturated rings. The monoisotopic (exact) mass is 342 g/mol. The number of nitrogens with one attached hydrogen (secondary N) is 1. The van der Waals surface area contributed by atoms with E-state index in [9.17, 15) is 9.59 Å². The SMILES string of the molecule is O=C(Cn1nc(-c2cccnc2)n(C2CC2)c1=O)Nc1nccs1. The van der Waals surface area contributed by atoms with Crippen molar-refractivity contribution in [3.63, 3.8) is 0 Å². The van der Waals surface area contributed by atoms with Gasteiger partial charge in [0.2, 0.25) is 5.91 Å². The molecular formula is C15H14N6O2S. The van der Waals surface area contributed by atoms with Crippen LogP contribution in [0.5, 0.6) is 0 Å². The van der Waals surface area contributed by atoms with E-state index in [1.54, 1.807) is 34.6 Å². The third kappa shape index (κ3) is 2.85. The Labute approximate surface area is 140 Å². The van der Waals surface area contributed by atoms with Crippen molar-refractivity contribution >= 4 is 22.4 Å². The van der Waals surface area contributed by atoms with E-state index in [0.717, 1.165) is 18.4 Å². The zero-order valence-corrected chi connectivity index (χ0v) is 13.4. The van der Waals surface area contributed by atoms with E-state index in [2.05, 4.69) is 20.4 Å². The number of carbonyl (C=O) groups excluding carboxylic acids is 1. The average molecular weight is 342 g/mol. The van der Waals surface area contributed by atoms with Crippen LogP contribution >= 0.6 is 11.3 Å². The topological polar surface area (TPSA) is 94.7 Å². The van der Waals surface area contributed by atoms with Gasteiger partial charge in [-0.05, 0) is 25.0 Å². The molecule has 1 aliphatic rings. The highest BCUT2D eigenvalue weighted by Crippen LogP contribution is 2.36. The fourth-order valence-electron chi connectivity index (χ4n) is 2.46. The normalized spacial score (nSPS) is 13.8. The van der Waals surface area contributed by atoms with E-state index in [0.29, 0.717) is 11.0 Å². The second kappa shape index (κ2) is 6.00. The van der Waals surface area contributed by atoms with Crippen molar-refractivity contribution in [2.24, 2.45) is 0 Å². The molecule has 0 radical (unpaired) electrons. The van der Waals surface area contributed by atoms with Gasteiger partial charge in [0.05, 0.1) is 0 Å². The fraction of sp³-hybridized carbons (Fsp3) is 0.267. The van der Waals surface area contributed by atoms with Crippen LogP contribution in [0.4, 0.5) is 5.13 Å². The Balaban J connectivity index is 1.64. The molecule has 1 saturated carbocycles. The van der Waals surface area contributed by atoms with Gasteiger partial charge >= 0.3 is 5.69 Å². The third-order valence-electron chi connectivity index (χ3n) is 3.67. The number of nitrogens with zero attached hydrogens (tertiary/aromatic N) is 5. The lowest BCUT2D eigenvalue weighted by atomic mass is 10.3. The van der Waals surface area contributed by atoms with E-state index < -0.39 is 0 Å². The van der Waals surface area contributed by atoms with Crippen LogP contribution in [-0.2, 0) is 11.3 Å². The van der Waals surface area contributed by atoms with Crippen molar-refractivity contribution in [1.29, 1.82) is 0 Å².